The summed E-state index contributed by atoms with van der Waals surface area (Å²) in [6.45, 7) is 6.83. The highest BCUT2D eigenvalue weighted by atomic mass is 35.5. The van der Waals surface area contributed by atoms with Crippen LogP contribution in [-0.2, 0) is 25.9 Å². The van der Waals surface area contributed by atoms with E-state index in [-0.39, 0.29) is 24.8 Å². The number of pyridine rings is 2. The normalized spacial score (nSPS) is 10.4. The maximum absolute atomic E-state index is 2.34. The largest absolute Gasteiger partial charge is 1.00 e. The SMILES string of the molecule is CCCc1cc[n+](CCCCCCCCCCCC[n+]2ccc(CCC)cc2)cc1.[Cl-].[Cl-]. The second-order valence-corrected chi connectivity index (χ2v) is 8.92. The van der Waals surface area contributed by atoms with Crippen LogP contribution in [0.5, 0.6) is 0 Å². The van der Waals surface area contributed by atoms with Crippen molar-refractivity contribution in [3.05, 3.63) is 60.2 Å². The van der Waals surface area contributed by atoms with E-state index in [4.69, 9.17) is 0 Å². The summed E-state index contributed by atoms with van der Waals surface area (Å²) in [5.41, 5.74) is 2.93. The molecular formula is C28H46Cl2N2. The van der Waals surface area contributed by atoms with Gasteiger partial charge >= 0.3 is 0 Å². The van der Waals surface area contributed by atoms with Crippen LogP contribution in [0, 0.1) is 0 Å². The monoisotopic (exact) mass is 480 g/mol. The van der Waals surface area contributed by atoms with E-state index in [0.717, 1.165) is 0 Å². The minimum Gasteiger partial charge on any atom is -1.00 e. The van der Waals surface area contributed by atoms with E-state index in [9.17, 15) is 0 Å². The molecule has 0 atom stereocenters. The first-order chi connectivity index (χ1) is 14.8. The highest BCUT2D eigenvalue weighted by Crippen LogP contribution is 2.11. The molecule has 0 saturated carbocycles. The Bertz CT molecular complexity index is 597. The topological polar surface area (TPSA) is 7.76 Å². The lowest BCUT2D eigenvalue weighted by atomic mass is 10.1. The number of hydrogen-bond donors (Lipinski definition) is 0. The molecular weight excluding hydrogens is 435 g/mol. The summed E-state index contributed by atoms with van der Waals surface area (Å²) in [6, 6.07) is 9.13. The molecule has 2 rings (SSSR count). The van der Waals surface area contributed by atoms with Gasteiger partial charge in [-0.15, -0.1) is 0 Å². The summed E-state index contributed by atoms with van der Waals surface area (Å²) < 4.78 is 4.69. The minimum absolute atomic E-state index is 0. The Morgan fingerprint density at radius 1 is 0.469 bits per heavy atom. The van der Waals surface area contributed by atoms with Gasteiger partial charge in [0.1, 0.15) is 13.1 Å². The van der Waals surface area contributed by atoms with Gasteiger partial charge in [-0.05, 0) is 36.8 Å². The van der Waals surface area contributed by atoms with Crippen molar-refractivity contribution in [2.75, 3.05) is 0 Å². The minimum atomic E-state index is 0. The first-order valence-electron chi connectivity index (χ1n) is 12.8. The fourth-order valence-electron chi connectivity index (χ4n) is 4.19. The van der Waals surface area contributed by atoms with Crippen molar-refractivity contribution in [2.45, 2.75) is 117 Å². The van der Waals surface area contributed by atoms with Crippen LogP contribution in [0.2, 0.25) is 0 Å². The van der Waals surface area contributed by atoms with Gasteiger partial charge in [0.25, 0.3) is 0 Å². The van der Waals surface area contributed by atoms with Crippen molar-refractivity contribution < 1.29 is 33.9 Å². The average Bonchev–Trinajstić information content (AvgIpc) is 2.77. The lowest BCUT2D eigenvalue weighted by Crippen LogP contribution is -3.00. The van der Waals surface area contributed by atoms with Crippen molar-refractivity contribution >= 4 is 0 Å². The third kappa shape index (κ3) is 14.1. The zero-order chi connectivity index (χ0) is 21.3. The molecule has 0 spiro atoms. The van der Waals surface area contributed by atoms with Crippen molar-refractivity contribution in [2.24, 2.45) is 0 Å². The summed E-state index contributed by atoms with van der Waals surface area (Å²) in [7, 11) is 0. The Morgan fingerprint density at radius 3 is 1.03 bits per heavy atom. The number of nitrogens with zero attached hydrogens (tertiary/aromatic N) is 2. The van der Waals surface area contributed by atoms with E-state index >= 15 is 0 Å². The van der Waals surface area contributed by atoms with Crippen LogP contribution >= 0.6 is 0 Å². The van der Waals surface area contributed by atoms with E-state index < -0.39 is 0 Å². The number of aryl methyl sites for hydroxylation is 4. The van der Waals surface area contributed by atoms with Gasteiger partial charge in [-0.1, -0.05) is 65.2 Å². The molecule has 32 heavy (non-hydrogen) atoms. The highest BCUT2D eigenvalue weighted by Gasteiger charge is 2.02. The number of aromatic nitrogens is 2. The third-order valence-corrected chi connectivity index (χ3v) is 6.08. The van der Waals surface area contributed by atoms with Crippen LogP contribution < -0.4 is 33.9 Å². The van der Waals surface area contributed by atoms with E-state index in [1.165, 1.54) is 114 Å². The standard InChI is InChI=1S/C28H46N2.2ClH/c1-3-15-27-17-23-29(24-18-27)21-13-11-9-7-5-6-8-10-12-14-22-30-25-19-28(16-4-2)20-26-30;;/h17-20,23-26H,3-16,21-22H2,1-2H3;2*1H/q+2;;/p-2. The highest BCUT2D eigenvalue weighted by molar-refractivity contribution is 5.07. The third-order valence-electron chi connectivity index (χ3n) is 6.08. The molecule has 2 heterocycles. The average molecular weight is 482 g/mol. The van der Waals surface area contributed by atoms with Crippen molar-refractivity contribution in [3.8, 4) is 0 Å². The number of hydrogen-bond acceptors (Lipinski definition) is 0. The van der Waals surface area contributed by atoms with Crippen LogP contribution in [-0.4, -0.2) is 0 Å². The van der Waals surface area contributed by atoms with Gasteiger partial charge in [0.2, 0.25) is 0 Å². The summed E-state index contributed by atoms with van der Waals surface area (Å²) in [5, 5.41) is 0. The van der Waals surface area contributed by atoms with E-state index in [1.54, 1.807) is 0 Å². The second-order valence-electron chi connectivity index (χ2n) is 8.92. The van der Waals surface area contributed by atoms with Crippen molar-refractivity contribution in [3.63, 3.8) is 0 Å². The maximum atomic E-state index is 2.34. The van der Waals surface area contributed by atoms with Crippen LogP contribution in [0.1, 0.15) is 102 Å². The lowest BCUT2D eigenvalue weighted by molar-refractivity contribution is -0.697. The predicted octanol–water partition coefficient (Wildman–Crippen LogP) is 0.776. The van der Waals surface area contributed by atoms with Crippen LogP contribution in [0.4, 0.5) is 0 Å². The molecule has 0 unspecified atom stereocenters. The molecule has 0 bridgehead atoms. The van der Waals surface area contributed by atoms with Gasteiger partial charge in [0.05, 0.1) is 0 Å². The van der Waals surface area contributed by atoms with Crippen LogP contribution in [0.3, 0.4) is 0 Å². The molecule has 0 radical (unpaired) electrons. The molecule has 4 heteroatoms. The molecule has 0 amide bonds. The second kappa shape index (κ2) is 20.5. The molecule has 0 aliphatic heterocycles. The molecule has 0 N–H and O–H groups in total. The van der Waals surface area contributed by atoms with E-state index in [0.29, 0.717) is 0 Å². The fraction of sp³-hybridized carbons (Fsp3) is 0.643. The van der Waals surface area contributed by atoms with E-state index in [1.807, 2.05) is 0 Å². The Hall–Kier alpha value is -1.12. The lowest BCUT2D eigenvalue weighted by Gasteiger charge is -2.03. The Kier molecular flexibility index (Phi) is 19.8. The molecule has 2 aromatic heterocycles. The molecule has 0 saturated heterocycles. The first-order valence-corrected chi connectivity index (χ1v) is 12.8. The van der Waals surface area contributed by atoms with E-state index in [2.05, 4.69) is 72.0 Å². The summed E-state index contributed by atoms with van der Waals surface area (Å²) >= 11 is 0. The quantitative estimate of drug-likeness (QED) is 0.233. The summed E-state index contributed by atoms with van der Waals surface area (Å²) in [4.78, 5) is 0. The zero-order valence-corrected chi connectivity index (χ0v) is 22.1. The maximum Gasteiger partial charge on any atom is 0.169 e. The molecule has 2 nitrogen and oxygen atoms in total. The van der Waals surface area contributed by atoms with Gasteiger partial charge in [0, 0.05) is 37.1 Å². The molecule has 0 aliphatic carbocycles. The van der Waals surface area contributed by atoms with Gasteiger partial charge in [-0.2, -0.15) is 0 Å². The van der Waals surface area contributed by atoms with Crippen molar-refractivity contribution in [1.82, 2.24) is 0 Å². The van der Waals surface area contributed by atoms with Crippen molar-refractivity contribution in [1.29, 1.82) is 0 Å². The molecule has 0 aromatic carbocycles. The zero-order valence-electron chi connectivity index (χ0n) is 20.6. The summed E-state index contributed by atoms with van der Waals surface area (Å²) in [5.74, 6) is 0. The smallest absolute Gasteiger partial charge is 0.169 e. The number of unbranched alkanes of at least 4 members (excludes halogenated alkanes) is 9. The van der Waals surface area contributed by atoms with Crippen LogP contribution in [0.25, 0.3) is 0 Å². The Morgan fingerprint density at radius 2 is 0.750 bits per heavy atom. The molecule has 2 aromatic rings. The number of halogens is 2. The molecule has 0 fully saturated rings. The van der Waals surface area contributed by atoms with Gasteiger partial charge in [-0.25, -0.2) is 9.13 Å². The van der Waals surface area contributed by atoms with Crippen LogP contribution in [0.15, 0.2) is 49.1 Å². The Labute approximate surface area is 210 Å². The number of rotatable bonds is 17. The summed E-state index contributed by atoms with van der Waals surface area (Å²) in [6.07, 6.45) is 27.7. The first kappa shape index (κ1) is 30.9. The fourth-order valence-corrected chi connectivity index (χ4v) is 4.19. The molecule has 182 valence electrons. The van der Waals surface area contributed by atoms with Gasteiger partial charge < -0.3 is 24.8 Å². The Balaban J connectivity index is 0.00000480. The molecule has 0 aliphatic rings. The predicted molar refractivity (Wildman–Crippen MR) is 127 cm³/mol. The van der Waals surface area contributed by atoms with Gasteiger partial charge in [0.15, 0.2) is 24.8 Å². The van der Waals surface area contributed by atoms with Gasteiger partial charge in [-0.3, -0.25) is 0 Å².